The van der Waals surface area contributed by atoms with Gasteiger partial charge in [-0.05, 0) is 12.1 Å². The minimum absolute atomic E-state index is 0.0437. The minimum Gasteiger partial charge on any atom is -0.435 e. The van der Waals surface area contributed by atoms with E-state index in [9.17, 15) is 8.78 Å². The van der Waals surface area contributed by atoms with Crippen molar-refractivity contribution in [1.29, 1.82) is 0 Å². The van der Waals surface area contributed by atoms with E-state index in [2.05, 4.69) is 25.6 Å². The average molecular weight is 278 g/mol. The van der Waals surface area contributed by atoms with E-state index in [1.54, 1.807) is 0 Å². The van der Waals surface area contributed by atoms with Gasteiger partial charge in [0.05, 0.1) is 6.20 Å². The fourth-order valence-corrected chi connectivity index (χ4v) is 1.61. The first-order chi connectivity index (χ1) is 9.67. The van der Waals surface area contributed by atoms with Crippen LogP contribution in [-0.2, 0) is 0 Å². The van der Waals surface area contributed by atoms with Gasteiger partial charge in [0.25, 0.3) is 0 Å². The van der Waals surface area contributed by atoms with Crippen LogP contribution in [0.1, 0.15) is 0 Å². The number of halogens is 2. The molecule has 3 aromatic rings. The van der Waals surface area contributed by atoms with Crippen LogP contribution in [0.4, 0.5) is 14.7 Å². The summed E-state index contributed by atoms with van der Waals surface area (Å²) in [6.07, 6.45) is 1.42. The molecule has 3 rings (SSSR count). The number of aromatic nitrogens is 4. The summed E-state index contributed by atoms with van der Waals surface area (Å²) >= 11 is 0. The fraction of sp³-hybridized carbons (Fsp3) is 0. The van der Waals surface area contributed by atoms with Crippen LogP contribution >= 0.6 is 0 Å². The van der Waals surface area contributed by atoms with Crippen LogP contribution in [0.25, 0.3) is 11.0 Å². The molecule has 20 heavy (non-hydrogen) atoms. The zero-order chi connectivity index (χ0) is 14.1. The number of H-pyrrole nitrogens is 1. The van der Waals surface area contributed by atoms with Gasteiger partial charge in [0.1, 0.15) is 11.2 Å². The third kappa shape index (κ3) is 2.10. The van der Waals surface area contributed by atoms with Gasteiger partial charge < -0.3 is 4.74 Å². The lowest BCUT2D eigenvalue weighted by Crippen LogP contribution is -2.11. The predicted octanol–water partition coefficient (Wildman–Crippen LogP) is 1.71. The van der Waals surface area contributed by atoms with E-state index in [4.69, 9.17) is 10.6 Å². The fourth-order valence-electron chi connectivity index (χ4n) is 1.61. The molecule has 0 saturated carbocycles. The molecule has 0 spiro atoms. The number of aromatic amines is 1. The number of nitrogens with zero attached hydrogens (tertiary/aromatic N) is 3. The molecule has 0 unspecified atom stereocenters. The number of ether oxygens (including phenoxy) is 1. The molecule has 0 aliphatic carbocycles. The molecule has 2 aromatic heterocycles. The molecule has 1 aromatic carbocycles. The molecule has 0 saturated heterocycles. The average Bonchev–Trinajstić information content (AvgIpc) is 2.90. The zero-order valence-electron chi connectivity index (χ0n) is 9.89. The number of hydrazine groups is 1. The van der Waals surface area contributed by atoms with Gasteiger partial charge in [-0.25, -0.2) is 14.6 Å². The van der Waals surface area contributed by atoms with E-state index in [1.807, 2.05) is 0 Å². The van der Waals surface area contributed by atoms with Crippen molar-refractivity contribution in [3.05, 3.63) is 36.0 Å². The van der Waals surface area contributed by atoms with Crippen molar-refractivity contribution >= 4 is 17.0 Å². The molecule has 0 atom stereocenters. The Morgan fingerprint density at radius 2 is 2.10 bits per heavy atom. The number of nitrogen functional groups attached to an aromatic ring is 1. The Kier molecular flexibility index (Phi) is 2.88. The Morgan fingerprint density at radius 3 is 2.85 bits per heavy atom. The van der Waals surface area contributed by atoms with Crippen LogP contribution in [0.5, 0.6) is 11.6 Å². The first kappa shape index (κ1) is 12.2. The van der Waals surface area contributed by atoms with Gasteiger partial charge >= 0.3 is 0 Å². The highest BCUT2D eigenvalue weighted by atomic mass is 19.1. The summed E-state index contributed by atoms with van der Waals surface area (Å²) in [7, 11) is 0. The monoisotopic (exact) mass is 278 g/mol. The Hall–Kier alpha value is -2.81. The third-order valence-corrected chi connectivity index (χ3v) is 2.50. The van der Waals surface area contributed by atoms with Crippen LogP contribution in [0.15, 0.2) is 24.4 Å². The van der Waals surface area contributed by atoms with Crippen molar-refractivity contribution in [2.75, 3.05) is 5.43 Å². The maximum atomic E-state index is 13.6. The number of hydrogen-bond acceptors (Lipinski definition) is 6. The summed E-state index contributed by atoms with van der Waals surface area (Å²) < 4.78 is 31.7. The highest BCUT2D eigenvalue weighted by Gasteiger charge is 2.13. The van der Waals surface area contributed by atoms with E-state index in [0.29, 0.717) is 17.1 Å². The van der Waals surface area contributed by atoms with Gasteiger partial charge in [-0.3, -0.25) is 10.5 Å². The first-order valence-electron chi connectivity index (χ1n) is 5.48. The van der Waals surface area contributed by atoms with E-state index < -0.39 is 11.6 Å². The van der Waals surface area contributed by atoms with Crippen molar-refractivity contribution in [2.24, 2.45) is 5.84 Å². The number of nitrogens with one attached hydrogen (secondary N) is 2. The molecule has 0 aliphatic rings. The summed E-state index contributed by atoms with van der Waals surface area (Å²) in [4.78, 5) is 7.95. The van der Waals surface area contributed by atoms with Crippen molar-refractivity contribution in [3.8, 4) is 11.6 Å². The van der Waals surface area contributed by atoms with Crippen LogP contribution in [0, 0.1) is 11.6 Å². The molecular formula is C11H8F2N6O. The molecular weight excluding hydrogens is 270 g/mol. The lowest BCUT2D eigenvalue weighted by Gasteiger charge is -2.07. The standard InChI is InChI=1S/C11H8F2N6O/c12-5-1-2-8(7(13)3-5)20-10-6-4-15-19-9(6)16-11(17-10)18-14/h1-4H,14H2,(H2,15,16,17,18,19). The van der Waals surface area contributed by atoms with Crippen LogP contribution < -0.4 is 16.0 Å². The molecule has 2 heterocycles. The smallest absolute Gasteiger partial charge is 0.242 e. The summed E-state index contributed by atoms with van der Waals surface area (Å²) in [5.41, 5.74) is 2.62. The molecule has 0 radical (unpaired) electrons. The molecule has 102 valence electrons. The van der Waals surface area contributed by atoms with Crippen LogP contribution in [0.2, 0.25) is 0 Å². The van der Waals surface area contributed by atoms with E-state index in [0.717, 1.165) is 12.1 Å². The summed E-state index contributed by atoms with van der Waals surface area (Å²) in [6, 6.07) is 2.95. The zero-order valence-corrected chi connectivity index (χ0v) is 9.89. The Balaban J connectivity index is 2.07. The number of benzene rings is 1. The van der Waals surface area contributed by atoms with Crippen molar-refractivity contribution in [3.63, 3.8) is 0 Å². The maximum Gasteiger partial charge on any atom is 0.242 e. The van der Waals surface area contributed by atoms with Crippen LogP contribution in [0.3, 0.4) is 0 Å². The minimum atomic E-state index is -0.845. The largest absolute Gasteiger partial charge is 0.435 e. The van der Waals surface area contributed by atoms with Gasteiger partial charge in [-0.2, -0.15) is 15.1 Å². The number of rotatable bonds is 3. The molecule has 9 heteroatoms. The molecule has 7 nitrogen and oxygen atoms in total. The normalized spacial score (nSPS) is 10.8. The van der Waals surface area contributed by atoms with Crippen molar-refractivity contribution in [1.82, 2.24) is 20.2 Å². The van der Waals surface area contributed by atoms with Gasteiger partial charge in [0.15, 0.2) is 17.2 Å². The lowest BCUT2D eigenvalue weighted by molar-refractivity contribution is 0.428. The molecule has 0 bridgehead atoms. The second-order valence-electron chi connectivity index (χ2n) is 3.81. The molecule has 0 aliphatic heterocycles. The molecule has 0 fully saturated rings. The van der Waals surface area contributed by atoms with E-state index in [-0.39, 0.29) is 17.6 Å². The maximum absolute atomic E-state index is 13.6. The molecule has 0 amide bonds. The third-order valence-electron chi connectivity index (χ3n) is 2.50. The van der Waals surface area contributed by atoms with Crippen molar-refractivity contribution in [2.45, 2.75) is 0 Å². The lowest BCUT2D eigenvalue weighted by atomic mass is 10.3. The van der Waals surface area contributed by atoms with Crippen molar-refractivity contribution < 1.29 is 13.5 Å². The number of hydrogen-bond donors (Lipinski definition) is 3. The van der Waals surface area contributed by atoms with Gasteiger partial charge in [-0.1, -0.05) is 0 Å². The number of nitrogens with two attached hydrogens (primary N) is 1. The SMILES string of the molecule is NNc1nc(Oc2ccc(F)cc2F)c2cn[nH]c2n1. The van der Waals surface area contributed by atoms with Crippen LogP contribution in [-0.4, -0.2) is 20.2 Å². The van der Waals surface area contributed by atoms with Gasteiger partial charge in [0.2, 0.25) is 11.8 Å². The summed E-state index contributed by atoms with van der Waals surface area (Å²) in [5.74, 6) is 3.63. The summed E-state index contributed by atoms with van der Waals surface area (Å²) in [6.45, 7) is 0. The number of fused-ring (bicyclic) bond motifs is 1. The highest BCUT2D eigenvalue weighted by molar-refractivity contribution is 5.80. The number of anilines is 1. The van der Waals surface area contributed by atoms with Gasteiger partial charge in [0, 0.05) is 6.07 Å². The Bertz CT molecular complexity index is 775. The highest BCUT2D eigenvalue weighted by Crippen LogP contribution is 2.29. The Morgan fingerprint density at radius 1 is 1.25 bits per heavy atom. The second-order valence-corrected chi connectivity index (χ2v) is 3.81. The molecule has 4 N–H and O–H groups in total. The van der Waals surface area contributed by atoms with E-state index >= 15 is 0 Å². The van der Waals surface area contributed by atoms with Gasteiger partial charge in [-0.15, -0.1) is 0 Å². The predicted molar refractivity (Wildman–Crippen MR) is 65.9 cm³/mol. The topological polar surface area (TPSA) is 102 Å². The summed E-state index contributed by atoms with van der Waals surface area (Å²) in [5, 5.41) is 6.84. The second kappa shape index (κ2) is 4.70. The Labute approximate surface area is 110 Å². The first-order valence-corrected chi connectivity index (χ1v) is 5.48. The van der Waals surface area contributed by atoms with E-state index in [1.165, 1.54) is 6.20 Å². The quantitative estimate of drug-likeness (QED) is 0.498.